The van der Waals surface area contributed by atoms with E-state index in [1.165, 1.54) is 4.90 Å². The van der Waals surface area contributed by atoms with E-state index < -0.39 is 0 Å². The number of nitrogens with two attached hydrogens (primary N) is 1. The van der Waals surface area contributed by atoms with Crippen LogP contribution in [0.1, 0.15) is 27.0 Å². The average Bonchev–Trinajstić information content (AvgIpc) is 2.49. The lowest BCUT2D eigenvalue weighted by molar-refractivity contribution is -0.117. The Morgan fingerprint density at radius 1 is 1.14 bits per heavy atom. The summed E-state index contributed by atoms with van der Waals surface area (Å²) in [6.07, 6.45) is 0.244. The van der Waals surface area contributed by atoms with Gasteiger partial charge in [-0.05, 0) is 35.7 Å². The quantitative estimate of drug-likeness (QED) is 0.858. The van der Waals surface area contributed by atoms with Crippen molar-refractivity contribution >= 4 is 17.5 Å². The molecule has 2 amide bonds. The van der Waals surface area contributed by atoms with Gasteiger partial charge in [0.15, 0.2) is 0 Å². The Kier molecular flexibility index (Phi) is 3.31. The van der Waals surface area contributed by atoms with E-state index >= 15 is 0 Å². The number of rotatable bonds is 2. The lowest BCUT2D eigenvalue weighted by Crippen LogP contribution is -2.42. The molecule has 2 N–H and O–H groups in total. The molecule has 0 fully saturated rings. The van der Waals surface area contributed by atoms with Crippen LogP contribution in [-0.2, 0) is 17.8 Å². The SMILES string of the molecule is Cc1ccc(CN)cc1N1C(=O)Cc2ccccc2C1=O. The third kappa shape index (κ3) is 2.23. The first-order valence-electron chi connectivity index (χ1n) is 6.86. The molecular formula is C17H16N2O2. The maximum atomic E-state index is 12.7. The molecule has 21 heavy (non-hydrogen) atoms. The van der Waals surface area contributed by atoms with Crippen molar-refractivity contribution < 1.29 is 9.59 Å². The molecule has 106 valence electrons. The zero-order valence-electron chi connectivity index (χ0n) is 11.8. The molecular weight excluding hydrogens is 264 g/mol. The summed E-state index contributed by atoms with van der Waals surface area (Å²) in [6, 6.07) is 12.9. The standard InChI is InChI=1S/C17H16N2O2/c1-11-6-7-12(10-18)8-15(11)19-16(20)9-13-4-2-3-5-14(13)17(19)21/h2-8H,9-10,18H2,1H3. The van der Waals surface area contributed by atoms with Crippen molar-refractivity contribution in [3.63, 3.8) is 0 Å². The highest BCUT2D eigenvalue weighted by atomic mass is 16.2. The van der Waals surface area contributed by atoms with Crippen LogP contribution in [0.4, 0.5) is 5.69 Å². The van der Waals surface area contributed by atoms with E-state index in [0.29, 0.717) is 17.8 Å². The minimum atomic E-state index is -0.265. The van der Waals surface area contributed by atoms with Crippen LogP contribution in [0.25, 0.3) is 0 Å². The molecule has 1 heterocycles. The maximum absolute atomic E-state index is 12.7. The van der Waals surface area contributed by atoms with E-state index in [1.807, 2.05) is 43.3 Å². The van der Waals surface area contributed by atoms with Gasteiger partial charge < -0.3 is 5.73 Å². The first kappa shape index (κ1) is 13.5. The number of aryl methyl sites for hydroxylation is 1. The number of anilines is 1. The van der Waals surface area contributed by atoms with Crippen molar-refractivity contribution in [1.82, 2.24) is 0 Å². The van der Waals surface area contributed by atoms with Gasteiger partial charge >= 0.3 is 0 Å². The van der Waals surface area contributed by atoms with Gasteiger partial charge in [0, 0.05) is 12.1 Å². The molecule has 2 aromatic rings. The van der Waals surface area contributed by atoms with Gasteiger partial charge in [-0.3, -0.25) is 9.59 Å². The van der Waals surface area contributed by atoms with Crippen LogP contribution in [0.5, 0.6) is 0 Å². The highest BCUT2D eigenvalue weighted by Gasteiger charge is 2.32. The first-order valence-corrected chi connectivity index (χ1v) is 6.86. The largest absolute Gasteiger partial charge is 0.326 e. The number of amides is 2. The number of benzene rings is 2. The summed E-state index contributed by atoms with van der Waals surface area (Å²) in [5, 5.41) is 0. The van der Waals surface area contributed by atoms with Crippen LogP contribution in [-0.4, -0.2) is 11.8 Å². The number of carbonyl (C=O) groups excluding carboxylic acids is 2. The Hall–Kier alpha value is -2.46. The summed E-state index contributed by atoms with van der Waals surface area (Å²) in [5.74, 6) is -0.463. The molecule has 2 aromatic carbocycles. The predicted molar refractivity (Wildman–Crippen MR) is 81.0 cm³/mol. The van der Waals surface area contributed by atoms with Crippen molar-refractivity contribution in [2.75, 3.05) is 4.90 Å². The molecule has 4 heteroatoms. The molecule has 0 aliphatic carbocycles. The van der Waals surface area contributed by atoms with Gasteiger partial charge in [0.1, 0.15) is 0 Å². The van der Waals surface area contributed by atoms with Gasteiger partial charge in [-0.25, -0.2) is 4.90 Å². The van der Waals surface area contributed by atoms with E-state index in [2.05, 4.69) is 0 Å². The molecule has 0 saturated carbocycles. The Morgan fingerprint density at radius 3 is 2.67 bits per heavy atom. The maximum Gasteiger partial charge on any atom is 0.265 e. The number of nitrogens with zero attached hydrogens (tertiary/aromatic N) is 1. The molecule has 0 radical (unpaired) electrons. The van der Waals surface area contributed by atoms with E-state index in [9.17, 15) is 9.59 Å². The number of fused-ring (bicyclic) bond motifs is 1. The number of imide groups is 1. The summed E-state index contributed by atoms with van der Waals surface area (Å²) in [5.41, 5.74) is 9.44. The van der Waals surface area contributed by atoms with E-state index in [-0.39, 0.29) is 18.2 Å². The van der Waals surface area contributed by atoms with Crippen molar-refractivity contribution in [1.29, 1.82) is 0 Å². The third-order valence-electron chi connectivity index (χ3n) is 3.79. The molecule has 1 aliphatic rings. The fourth-order valence-corrected chi connectivity index (χ4v) is 2.63. The fraction of sp³-hybridized carbons (Fsp3) is 0.176. The lowest BCUT2D eigenvalue weighted by atomic mass is 9.97. The number of hydrogen-bond acceptors (Lipinski definition) is 3. The van der Waals surface area contributed by atoms with Crippen molar-refractivity contribution in [3.8, 4) is 0 Å². The summed E-state index contributed by atoms with van der Waals surface area (Å²) >= 11 is 0. The fourth-order valence-electron chi connectivity index (χ4n) is 2.63. The molecule has 0 unspecified atom stereocenters. The van der Waals surface area contributed by atoms with Gasteiger partial charge in [0.25, 0.3) is 5.91 Å². The normalized spacial score (nSPS) is 14.3. The second-order valence-electron chi connectivity index (χ2n) is 5.19. The molecule has 0 saturated heterocycles. The van der Waals surface area contributed by atoms with E-state index in [4.69, 9.17) is 5.73 Å². The zero-order valence-corrected chi connectivity index (χ0v) is 11.8. The second kappa shape index (κ2) is 5.14. The summed E-state index contributed by atoms with van der Waals surface area (Å²) in [7, 11) is 0. The minimum absolute atomic E-state index is 0.198. The Balaban J connectivity index is 2.11. The molecule has 0 atom stereocenters. The highest BCUT2D eigenvalue weighted by Crippen LogP contribution is 2.28. The molecule has 3 rings (SSSR count). The monoisotopic (exact) mass is 280 g/mol. The van der Waals surface area contributed by atoms with Crippen LogP contribution >= 0.6 is 0 Å². The van der Waals surface area contributed by atoms with Gasteiger partial charge in [-0.15, -0.1) is 0 Å². The number of carbonyl (C=O) groups is 2. The third-order valence-corrected chi connectivity index (χ3v) is 3.79. The van der Waals surface area contributed by atoms with Crippen LogP contribution in [0.15, 0.2) is 42.5 Å². The first-order chi connectivity index (χ1) is 10.1. The second-order valence-corrected chi connectivity index (χ2v) is 5.19. The minimum Gasteiger partial charge on any atom is -0.326 e. The van der Waals surface area contributed by atoms with E-state index in [1.54, 1.807) is 6.07 Å². The van der Waals surface area contributed by atoms with Gasteiger partial charge in [-0.1, -0.05) is 30.3 Å². The molecule has 0 spiro atoms. The van der Waals surface area contributed by atoms with E-state index in [0.717, 1.165) is 16.7 Å². The van der Waals surface area contributed by atoms with Gasteiger partial charge in [-0.2, -0.15) is 0 Å². The zero-order chi connectivity index (χ0) is 15.0. The average molecular weight is 280 g/mol. The Labute approximate surface area is 123 Å². The van der Waals surface area contributed by atoms with Gasteiger partial charge in [0.05, 0.1) is 12.1 Å². The summed E-state index contributed by atoms with van der Waals surface area (Å²) in [6.45, 7) is 2.26. The number of hydrogen-bond donors (Lipinski definition) is 1. The lowest BCUT2D eigenvalue weighted by Gasteiger charge is -2.28. The predicted octanol–water partition coefficient (Wildman–Crippen LogP) is 2.18. The van der Waals surface area contributed by atoms with Crippen molar-refractivity contribution in [2.45, 2.75) is 19.9 Å². The molecule has 1 aliphatic heterocycles. The Morgan fingerprint density at radius 2 is 1.90 bits per heavy atom. The van der Waals surface area contributed by atoms with Gasteiger partial charge in [0.2, 0.25) is 5.91 Å². The molecule has 0 bridgehead atoms. The van der Waals surface area contributed by atoms with Crippen LogP contribution in [0, 0.1) is 6.92 Å². The van der Waals surface area contributed by atoms with Crippen molar-refractivity contribution in [2.24, 2.45) is 5.73 Å². The van der Waals surface area contributed by atoms with Crippen LogP contribution in [0.2, 0.25) is 0 Å². The smallest absolute Gasteiger partial charge is 0.265 e. The molecule has 0 aromatic heterocycles. The molecule has 4 nitrogen and oxygen atoms in total. The highest BCUT2D eigenvalue weighted by molar-refractivity contribution is 6.25. The van der Waals surface area contributed by atoms with Crippen LogP contribution < -0.4 is 10.6 Å². The Bertz CT molecular complexity index is 737. The van der Waals surface area contributed by atoms with Crippen molar-refractivity contribution in [3.05, 3.63) is 64.7 Å². The summed E-state index contributed by atoms with van der Waals surface area (Å²) in [4.78, 5) is 26.3. The van der Waals surface area contributed by atoms with Crippen LogP contribution in [0.3, 0.4) is 0 Å². The topological polar surface area (TPSA) is 63.4 Å². The summed E-state index contributed by atoms with van der Waals surface area (Å²) < 4.78 is 0.